The van der Waals surface area contributed by atoms with Crippen LogP contribution in [0.3, 0.4) is 0 Å². The standard InChI is InChI=1S/C9H9FNO4/c1-14-8(12)6-3-7(9(13)15-2)5-11(10)4-6/h3-5H,1-2H3/q+1. The van der Waals surface area contributed by atoms with Crippen molar-refractivity contribution in [2.75, 3.05) is 14.2 Å². The average Bonchev–Trinajstić information content (AvgIpc) is 2.26. The summed E-state index contributed by atoms with van der Waals surface area (Å²) in [6.45, 7) is 0. The molecule has 0 saturated carbocycles. The molecule has 0 spiro atoms. The zero-order valence-electron chi connectivity index (χ0n) is 8.19. The monoisotopic (exact) mass is 214 g/mol. The molecule has 0 N–H and O–H groups in total. The summed E-state index contributed by atoms with van der Waals surface area (Å²) in [6, 6.07) is 1.19. The molecule has 15 heavy (non-hydrogen) atoms. The average molecular weight is 214 g/mol. The van der Waals surface area contributed by atoms with Crippen molar-refractivity contribution in [2.45, 2.75) is 0 Å². The highest BCUT2D eigenvalue weighted by atomic mass is 19.2. The van der Waals surface area contributed by atoms with Crippen LogP contribution in [0.2, 0.25) is 0 Å². The molecule has 1 aromatic heterocycles. The van der Waals surface area contributed by atoms with Gasteiger partial charge in [0.15, 0.2) is 0 Å². The molecular weight excluding hydrogens is 205 g/mol. The van der Waals surface area contributed by atoms with Crippen molar-refractivity contribution in [1.82, 2.24) is 0 Å². The van der Waals surface area contributed by atoms with Crippen molar-refractivity contribution in [3.63, 3.8) is 0 Å². The van der Waals surface area contributed by atoms with Gasteiger partial charge in [-0.2, -0.15) is 0 Å². The van der Waals surface area contributed by atoms with Gasteiger partial charge in [0.05, 0.1) is 18.7 Å². The van der Waals surface area contributed by atoms with Crippen LogP contribution in [0.5, 0.6) is 0 Å². The number of ether oxygens (including phenoxy) is 2. The van der Waals surface area contributed by atoms with Crippen molar-refractivity contribution in [3.05, 3.63) is 29.6 Å². The van der Waals surface area contributed by atoms with E-state index in [9.17, 15) is 14.1 Å². The number of nitrogens with zero attached hydrogens (tertiary/aromatic N) is 1. The SMILES string of the molecule is COC(=O)c1cc(C(=O)OC)c[n+](F)c1. The van der Waals surface area contributed by atoms with Crippen LogP contribution in [0.25, 0.3) is 0 Å². The summed E-state index contributed by atoms with van der Waals surface area (Å²) >= 11 is 0. The van der Waals surface area contributed by atoms with Crippen molar-refractivity contribution in [1.29, 1.82) is 0 Å². The van der Waals surface area contributed by atoms with Crippen LogP contribution in [0.4, 0.5) is 4.48 Å². The van der Waals surface area contributed by atoms with Crippen LogP contribution in [0, 0.1) is 0 Å². The minimum atomic E-state index is -0.729. The van der Waals surface area contributed by atoms with Gasteiger partial charge in [-0.1, -0.05) is 0 Å². The van der Waals surface area contributed by atoms with Gasteiger partial charge in [-0.05, 0) is 6.07 Å². The molecule has 6 heteroatoms. The predicted octanol–water partition coefficient (Wildman–Crippen LogP) is 0.280. The van der Waals surface area contributed by atoms with E-state index in [4.69, 9.17) is 0 Å². The molecule has 0 bridgehead atoms. The van der Waals surface area contributed by atoms with E-state index in [2.05, 4.69) is 9.47 Å². The van der Waals surface area contributed by atoms with Gasteiger partial charge in [0.2, 0.25) is 12.4 Å². The Balaban J connectivity index is 3.16. The summed E-state index contributed by atoms with van der Waals surface area (Å²) in [5, 5.41) is 0. The van der Waals surface area contributed by atoms with Gasteiger partial charge in [-0.3, -0.25) is 0 Å². The minimum Gasteiger partial charge on any atom is -0.465 e. The van der Waals surface area contributed by atoms with Gasteiger partial charge in [0, 0.05) is 4.79 Å². The molecule has 0 aromatic carbocycles. The Bertz CT molecular complexity index is 371. The second-order valence-corrected chi connectivity index (χ2v) is 2.64. The minimum absolute atomic E-state index is 0.0668. The molecule has 1 rings (SSSR count). The Kier molecular flexibility index (Phi) is 3.33. The molecule has 0 aliphatic heterocycles. The Hall–Kier alpha value is -1.98. The van der Waals surface area contributed by atoms with E-state index in [0.717, 1.165) is 26.6 Å². The second-order valence-electron chi connectivity index (χ2n) is 2.64. The maximum atomic E-state index is 12.9. The quantitative estimate of drug-likeness (QED) is 0.663. The zero-order chi connectivity index (χ0) is 11.4. The lowest BCUT2D eigenvalue weighted by molar-refractivity contribution is -0.844. The highest BCUT2D eigenvalue weighted by molar-refractivity contribution is 5.94. The van der Waals surface area contributed by atoms with Crippen LogP contribution < -0.4 is 4.79 Å². The van der Waals surface area contributed by atoms with E-state index >= 15 is 0 Å². The van der Waals surface area contributed by atoms with E-state index in [1.165, 1.54) is 6.07 Å². The third kappa shape index (κ3) is 2.49. The second kappa shape index (κ2) is 4.50. The summed E-state index contributed by atoms with van der Waals surface area (Å²) in [5.74, 6) is -1.46. The molecule has 5 nitrogen and oxygen atoms in total. The molecule has 0 radical (unpaired) electrons. The summed E-state index contributed by atoms with van der Waals surface area (Å²) in [6.07, 6.45) is 1.80. The number of hydrogen-bond acceptors (Lipinski definition) is 4. The summed E-state index contributed by atoms with van der Waals surface area (Å²) in [5.41, 5.74) is -0.134. The van der Waals surface area contributed by atoms with Gasteiger partial charge in [0.25, 0.3) is 0 Å². The fraction of sp³-hybridized carbons (Fsp3) is 0.222. The first-order valence-corrected chi connectivity index (χ1v) is 3.97. The number of carbonyl (C=O) groups excluding carboxylic acids is 2. The molecule has 80 valence electrons. The van der Waals surface area contributed by atoms with E-state index < -0.39 is 11.9 Å². The van der Waals surface area contributed by atoms with Gasteiger partial charge in [-0.25, -0.2) is 9.59 Å². The largest absolute Gasteiger partial charge is 0.465 e. The number of aromatic nitrogens is 1. The van der Waals surface area contributed by atoms with Crippen LogP contribution in [-0.4, -0.2) is 26.2 Å². The Morgan fingerprint density at radius 3 is 1.87 bits per heavy atom. The molecular formula is C9H9FNO4+. The molecule has 1 heterocycles. The predicted molar refractivity (Wildman–Crippen MR) is 45.8 cm³/mol. The number of halogens is 1. The van der Waals surface area contributed by atoms with Crippen molar-refractivity contribution in [2.24, 2.45) is 0 Å². The topological polar surface area (TPSA) is 56.5 Å². The van der Waals surface area contributed by atoms with Crippen molar-refractivity contribution < 1.29 is 28.3 Å². The third-order valence-electron chi connectivity index (χ3n) is 1.68. The first-order valence-electron chi connectivity index (χ1n) is 3.97. The number of pyridine rings is 1. The van der Waals surface area contributed by atoms with E-state index in [1.54, 1.807) is 0 Å². The fourth-order valence-corrected chi connectivity index (χ4v) is 1.00. The van der Waals surface area contributed by atoms with Gasteiger partial charge < -0.3 is 9.47 Å². The number of esters is 2. The maximum absolute atomic E-state index is 12.9. The molecule has 0 unspecified atom stereocenters. The smallest absolute Gasteiger partial charge is 0.344 e. The van der Waals surface area contributed by atoms with E-state index in [0.29, 0.717) is 0 Å². The van der Waals surface area contributed by atoms with E-state index in [-0.39, 0.29) is 15.9 Å². The highest BCUT2D eigenvalue weighted by Gasteiger charge is 2.18. The summed E-state index contributed by atoms with van der Waals surface area (Å²) < 4.78 is 21.7. The number of hydrogen-bond donors (Lipinski definition) is 0. The molecule has 0 aliphatic rings. The molecule has 0 saturated heterocycles. The van der Waals surface area contributed by atoms with Crippen LogP contribution >= 0.6 is 0 Å². The molecule has 0 fully saturated rings. The summed E-state index contributed by atoms with van der Waals surface area (Å²) in [4.78, 5) is 22.2. The van der Waals surface area contributed by atoms with Crippen LogP contribution in [0.15, 0.2) is 18.5 Å². The van der Waals surface area contributed by atoms with E-state index in [1.807, 2.05) is 0 Å². The lowest BCUT2D eigenvalue weighted by Gasteiger charge is -1.98. The lowest BCUT2D eigenvalue weighted by Crippen LogP contribution is -2.26. The number of methoxy groups -OCH3 is 2. The molecule has 0 aliphatic carbocycles. The van der Waals surface area contributed by atoms with Crippen molar-refractivity contribution >= 4 is 11.9 Å². The van der Waals surface area contributed by atoms with Gasteiger partial charge >= 0.3 is 11.9 Å². The van der Waals surface area contributed by atoms with Gasteiger partial charge in [-0.15, -0.1) is 0 Å². The molecule has 0 amide bonds. The highest BCUT2D eigenvalue weighted by Crippen LogP contribution is 2.04. The first kappa shape index (κ1) is 11.1. The Labute approximate surface area is 85.0 Å². The molecule has 0 atom stereocenters. The maximum Gasteiger partial charge on any atom is 0.344 e. The Morgan fingerprint density at radius 1 is 1.13 bits per heavy atom. The molecule has 1 aromatic rings. The zero-order valence-corrected chi connectivity index (χ0v) is 8.19. The lowest BCUT2D eigenvalue weighted by atomic mass is 10.2. The van der Waals surface area contributed by atoms with Crippen molar-refractivity contribution in [3.8, 4) is 0 Å². The van der Waals surface area contributed by atoms with Crippen LogP contribution in [-0.2, 0) is 9.47 Å². The number of rotatable bonds is 2. The Morgan fingerprint density at radius 2 is 1.53 bits per heavy atom. The number of carbonyl (C=O) groups is 2. The van der Waals surface area contributed by atoms with Gasteiger partial charge in [0.1, 0.15) is 11.1 Å². The third-order valence-corrected chi connectivity index (χ3v) is 1.68. The first-order chi connectivity index (χ1) is 7.08. The van der Waals surface area contributed by atoms with Crippen LogP contribution in [0.1, 0.15) is 20.7 Å². The normalized spacial score (nSPS) is 9.53. The fourth-order valence-electron chi connectivity index (χ4n) is 1.00. The summed E-state index contributed by atoms with van der Waals surface area (Å²) in [7, 11) is 2.32.